The fourth-order valence-corrected chi connectivity index (χ4v) is 3.14. The minimum Gasteiger partial charge on any atom is -0.385 e. The zero-order valence-electron chi connectivity index (χ0n) is 12.6. The fraction of sp³-hybridized carbons (Fsp3) is 0.688. The summed E-state index contributed by atoms with van der Waals surface area (Å²) < 4.78 is 0. The number of anilines is 1. The highest BCUT2D eigenvalue weighted by Gasteiger charge is 2.25. The van der Waals surface area contributed by atoms with Crippen molar-refractivity contribution in [2.75, 3.05) is 12.3 Å². The second-order valence-electron chi connectivity index (χ2n) is 6.51. The SMILES string of the molecule is CC(=N[C@@H]1CC[C@H](C)NC1)c1c(CC2CC2)c[nH]c1N. The van der Waals surface area contributed by atoms with Gasteiger partial charge < -0.3 is 16.0 Å². The average molecular weight is 274 g/mol. The molecule has 2 atom stereocenters. The molecule has 20 heavy (non-hydrogen) atoms. The van der Waals surface area contributed by atoms with Gasteiger partial charge in [-0.2, -0.15) is 0 Å². The summed E-state index contributed by atoms with van der Waals surface area (Å²) in [7, 11) is 0. The first kappa shape index (κ1) is 13.7. The highest BCUT2D eigenvalue weighted by molar-refractivity contribution is 6.04. The Labute approximate surface area is 121 Å². The van der Waals surface area contributed by atoms with E-state index in [0.29, 0.717) is 12.1 Å². The van der Waals surface area contributed by atoms with Gasteiger partial charge in [-0.3, -0.25) is 4.99 Å². The first-order valence-electron chi connectivity index (χ1n) is 7.87. The monoisotopic (exact) mass is 274 g/mol. The van der Waals surface area contributed by atoms with Crippen LogP contribution >= 0.6 is 0 Å². The molecule has 2 fully saturated rings. The number of hydrogen-bond donors (Lipinski definition) is 3. The van der Waals surface area contributed by atoms with Gasteiger partial charge in [-0.1, -0.05) is 0 Å². The van der Waals surface area contributed by atoms with Crippen molar-refractivity contribution >= 4 is 11.5 Å². The number of piperidine rings is 1. The molecule has 0 spiro atoms. The van der Waals surface area contributed by atoms with Crippen LogP contribution in [-0.4, -0.2) is 29.3 Å². The quantitative estimate of drug-likeness (QED) is 0.739. The van der Waals surface area contributed by atoms with E-state index in [1.807, 2.05) is 0 Å². The number of aromatic nitrogens is 1. The van der Waals surface area contributed by atoms with E-state index in [-0.39, 0.29) is 0 Å². The zero-order chi connectivity index (χ0) is 14.1. The third kappa shape index (κ3) is 3.06. The summed E-state index contributed by atoms with van der Waals surface area (Å²) in [5.74, 6) is 1.65. The van der Waals surface area contributed by atoms with Crippen LogP contribution < -0.4 is 11.1 Å². The predicted octanol–water partition coefficient (Wildman–Crippen LogP) is 2.50. The van der Waals surface area contributed by atoms with Crippen LogP contribution in [0.5, 0.6) is 0 Å². The molecule has 0 aromatic carbocycles. The van der Waals surface area contributed by atoms with E-state index in [1.54, 1.807) is 0 Å². The number of nitrogens with one attached hydrogen (secondary N) is 2. The molecule has 1 saturated heterocycles. The van der Waals surface area contributed by atoms with Gasteiger partial charge in [-0.15, -0.1) is 0 Å². The topological polar surface area (TPSA) is 66.2 Å². The molecule has 4 N–H and O–H groups in total. The lowest BCUT2D eigenvalue weighted by Crippen LogP contribution is -2.39. The number of aromatic amines is 1. The van der Waals surface area contributed by atoms with E-state index in [1.165, 1.54) is 31.2 Å². The van der Waals surface area contributed by atoms with E-state index >= 15 is 0 Å². The van der Waals surface area contributed by atoms with Crippen molar-refractivity contribution in [1.29, 1.82) is 0 Å². The van der Waals surface area contributed by atoms with Crippen LogP contribution in [0, 0.1) is 5.92 Å². The molecule has 3 rings (SSSR count). The number of H-pyrrole nitrogens is 1. The molecule has 0 bridgehead atoms. The molecular formula is C16H26N4. The summed E-state index contributed by atoms with van der Waals surface area (Å²) in [4.78, 5) is 8.09. The number of nitrogens with two attached hydrogens (primary N) is 1. The van der Waals surface area contributed by atoms with Crippen LogP contribution in [0.4, 0.5) is 5.82 Å². The maximum absolute atomic E-state index is 6.11. The molecule has 1 saturated carbocycles. The Bertz CT molecular complexity index is 491. The van der Waals surface area contributed by atoms with Crippen molar-refractivity contribution in [3.05, 3.63) is 17.3 Å². The Morgan fingerprint density at radius 3 is 2.80 bits per heavy atom. The van der Waals surface area contributed by atoms with Gasteiger partial charge in [-0.25, -0.2) is 0 Å². The van der Waals surface area contributed by atoms with Crippen LogP contribution in [0.1, 0.15) is 50.7 Å². The lowest BCUT2D eigenvalue weighted by Gasteiger charge is -2.25. The maximum atomic E-state index is 6.11. The molecule has 0 unspecified atom stereocenters. The lowest BCUT2D eigenvalue weighted by molar-refractivity contribution is 0.386. The Morgan fingerprint density at radius 1 is 1.35 bits per heavy atom. The van der Waals surface area contributed by atoms with Crippen LogP contribution in [0.2, 0.25) is 0 Å². The van der Waals surface area contributed by atoms with Crippen molar-refractivity contribution < 1.29 is 0 Å². The molecule has 2 aliphatic rings. The highest BCUT2D eigenvalue weighted by Crippen LogP contribution is 2.34. The smallest absolute Gasteiger partial charge is 0.110 e. The van der Waals surface area contributed by atoms with Gasteiger partial charge in [0.05, 0.1) is 6.04 Å². The molecule has 1 aromatic heterocycles. The third-order valence-corrected chi connectivity index (χ3v) is 4.57. The van der Waals surface area contributed by atoms with E-state index in [2.05, 4.69) is 30.3 Å². The van der Waals surface area contributed by atoms with Gasteiger partial charge in [0.15, 0.2) is 0 Å². The number of nitrogen functional groups attached to an aromatic ring is 1. The van der Waals surface area contributed by atoms with E-state index < -0.39 is 0 Å². The predicted molar refractivity (Wildman–Crippen MR) is 84.3 cm³/mol. The standard InChI is InChI=1S/C16H26N4/c1-10-3-6-14(9-18-10)20-11(2)15-13(7-12-4-5-12)8-19-16(15)17/h8,10,12,14,18-19H,3-7,9,17H2,1-2H3/t10-,14+/m0/s1. The maximum Gasteiger partial charge on any atom is 0.110 e. The molecular weight excluding hydrogens is 248 g/mol. The Balaban J connectivity index is 1.75. The third-order valence-electron chi connectivity index (χ3n) is 4.57. The van der Waals surface area contributed by atoms with Gasteiger partial charge in [0.1, 0.15) is 5.82 Å². The van der Waals surface area contributed by atoms with E-state index in [9.17, 15) is 0 Å². The minimum atomic E-state index is 0.397. The number of aliphatic imine (C=N–C) groups is 1. The van der Waals surface area contributed by atoms with Gasteiger partial charge in [0.25, 0.3) is 0 Å². The average Bonchev–Trinajstić information content (AvgIpc) is 3.15. The molecule has 0 amide bonds. The van der Waals surface area contributed by atoms with Crippen molar-refractivity contribution in [3.8, 4) is 0 Å². The fourth-order valence-electron chi connectivity index (χ4n) is 3.14. The van der Waals surface area contributed by atoms with Gasteiger partial charge in [0, 0.05) is 30.1 Å². The number of hydrogen-bond acceptors (Lipinski definition) is 3. The highest BCUT2D eigenvalue weighted by atomic mass is 15.0. The second-order valence-corrected chi connectivity index (χ2v) is 6.51. The largest absolute Gasteiger partial charge is 0.385 e. The van der Waals surface area contributed by atoms with Crippen molar-refractivity contribution in [1.82, 2.24) is 10.3 Å². The first-order chi connectivity index (χ1) is 9.63. The summed E-state index contributed by atoms with van der Waals surface area (Å²) in [6.07, 6.45) is 8.34. The number of nitrogens with zero attached hydrogens (tertiary/aromatic N) is 1. The number of rotatable bonds is 4. The van der Waals surface area contributed by atoms with Crippen LogP contribution in [0.25, 0.3) is 0 Å². The summed E-state index contributed by atoms with van der Waals surface area (Å²) in [5.41, 5.74) is 9.72. The molecule has 4 heteroatoms. The molecule has 1 aromatic rings. The molecule has 0 radical (unpaired) electrons. The van der Waals surface area contributed by atoms with Crippen LogP contribution in [-0.2, 0) is 6.42 Å². The Morgan fingerprint density at radius 2 is 2.15 bits per heavy atom. The van der Waals surface area contributed by atoms with Gasteiger partial charge >= 0.3 is 0 Å². The zero-order valence-corrected chi connectivity index (χ0v) is 12.6. The van der Waals surface area contributed by atoms with Crippen LogP contribution in [0.15, 0.2) is 11.2 Å². The summed E-state index contributed by atoms with van der Waals surface area (Å²) in [5, 5.41) is 3.51. The molecule has 2 heterocycles. The lowest BCUT2D eigenvalue weighted by atomic mass is 10.0. The van der Waals surface area contributed by atoms with Gasteiger partial charge in [0.2, 0.25) is 0 Å². The first-order valence-corrected chi connectivity index (χ1v) is 7.87. The normalized spacial score (nSPS) is 27.8. The molecule has 1 aliphatic carbocycles. The second kappa shape index (κ2) is 5.60. The molecule has 1 aliphatic heterocycles. The Kier molecular flexibility index (Phi) is 3.83. The van der Waals surface area contributed by atoms with E-state index in [0.717, 1.165) is 36.0 Å². The summed E-state index contributed by atoms with van der Waals surface area (Å²) in [6.45, 7) is 5.33. The minimum absolute atomic E-state index is 0.397. The molecule has 110 valence electrons. The van der Waals surface area contributed by atoms with Crippen molar-refractivity contribution in [2.45, 2.75) is 58.0 Å². The van der Waals surface area contributed by atoms with Crippen LogP contribution in [0.3, 0.4) is 0 Å². The summed E-state index contributed by atoms with van der Waals surface area (Å²) >= 11 is 0. The van der Waals surface area contributed by atoms with Crippen molar-refractivity contribution in [3.63, 3.8) is 0 Å². The summed E-state index contributed by atoms with van der Waals surface area (Å²) in [6, 6.07) is 1.03. The molecule has 4 nitrogen and oxygen atoms in total. The Hall–Kier alpha value is -1.29. The van der Waals surface area contributed by atoms with E-state index in [4.69, 9.17) is 10.7 Å². The van der Waals surface area contributed by atoms with Gasteiger partial charge in [-0.05, 0) is 57.4 Å². The van der Waals surface area contributed by atoms with Crippen molar-refractivity contribution in [2.24, 2.45) is 10.9 Å².